The fourth-order valence-corrected chi connectivity index (χ4v) is 1.49. The molecule has 16 heavy (non-hydrogen) atoms. The first-order chi connectivity index (χ1) is 7.31. The molecule has 0 radical (unpaired) electrons. The highest BCUT2D eigenvalue weighted by Crippen LogP contribution is 2.22. The van der Waals surface area contributed by atoms with Gasteiger partial charge in [-0.3, -0.25) is 4.79 Å². The van der Waals surface area contributed by atoms with E-state index in [2.05, 4.69) is 4.74 Å². The maximum Gasteiger partial charge on any atom is 0.410 e. The first kappa shape index (κ1) is 12.8. The van der Waals surface area contributed by atoms with Crippen LogP contribution in [0.15, 0.2) is 0 Å². The average Bonchev–Trinajstić information content (AvgIpc) is 2.06. The number of rotatable bonds is 2. The van der Waals surface area contributed by atoms with E-state index in [0.717, 1.165) is 0 Å². The van der Waals surface area contributed by atoms with Gasteiger partial charge in [-0.2, -0.15) is 0 Å². The number of ether oxygens (including phenoxy) is 2. The molecule has 0 N–H and O–H groups in total. The molecule has 5 heteroatoms. The quantitative estimate of drug-likeness (QED) is 0.672. The Bertz CT molecular complexity index is 276. The first-order valence-electron chi connectivity index (χ1n) is 5.36. The largest absolute Gasteiger partial charge is 0.469 e. The molecule has 0 aromatic rings. The van der Waals surface area contributed by atoms with E-state index in [1.54, 1.807) is 4.90 Å². The van der Waals surface area contributed by atoms with Gasteiger partial charge in [-0.15, -0.1) is 0 Å². The van der Waals surface area contributed by atoms with Crippen molar-refractivity contribution < 1.29 is 19.1 Å². The normalized spacial score (nSPS) is 16.6. The van der Waals surface area contributed by atoms with Crippen molar-refractivity contribution in [2.75, 3.05) is 20.2 Å². The third-order valence-electron chi connectivity index (χ3n) is 2.29. The summed E-state index contributed by atoms with van der Waals surface area (Å²) in [6.45, 7) is 6.64. The van der Waals surface area contributed by atoms with Gasteiger partial charge in [-0.1, -0.05) is 0 Å². The van der Waals surface area contributed by atoms with Crippen molar-refractivity contribution in [2.24, 2.45) is 5.92 Å². The van der Waals surface area contributed by atoms with Crippen LogP contribution < -0.4 is 0 Å². The van der Waals surface area contributed by atoms with Gasteiger partial charge < -0.3 is 14.4 Å². The van der Waals surface area contributed by atoms with Gasteiger partial charge in [-0.25, -0.2) is 4.79 Å². The van der Waals surface area contributed by atoms with Crippen LogP contribution >= 0.6 is 0 Å². The van der Waals surface area contributed by atoms with Gasteiger partial charge in [0.1, 0.15) is 5.60 Å². The lowest BCUT2D eigenvalue weighted by Crippen LogP contribution is -2.52. The molecular weight excluding hydrogens is 210 g/mol. The van der Waals surface area contributed by atoms with Crippen LogP contribution in [-0.4, -0.2) is 42.8 Å². The molecule has 0 unspecified atom stereocenters. The summed E-state index contributed by atoms with van der Waals surface area (Å²) in [4.78, 5) is 24.1. The molecule has 0 aliphatic carbocycles. The smallest absolute Gasteiger partial charge is 0.410 e. The van der Waals surface area contributed by atoms with Crippen molar-refractivity contribution >= 4 is 12.1 Å². The topological polar surface area (TPSA) is 55.8 Å². The number of likely N-dealkylation sites (tertiary alicyclic amines) is 1. The second kappa shape index (κ2) is 4.72. The van der Waals surface area contributed by atoms with Gasteiger partial charge in [0.05, 0.1) is 13.5 Å². The number of methoxy groups -OCH3 is 1. The van der Waals surface area contributed by atoms with E-state index < -0.39 is 5.60 Å². The van der Waals surface area contributed by atoms with Gasteiger partial charge in [0, 0.05) is 19.0 Å². The van der Waals surface area contributed by atoms with Crippen LogP contribution in [0.25, 0.3) is 0 Å². The molecule has 0 aromatic heterocycles. The number of amides is 1. The SMILES string of the molecule is COC(=O)CC1CN(C(=O)OC(C)(C)C)C1. The van der Waals surface area contributed by atoms with Crippen LogP contribution in [0.5, 0.6) is 0 Å². The maximum absolute atomic E-state index is 11.5. The van der Waals surface area contributed by atoms with Crippen LogP contribution in [0.1, 0.15) is 27.2 Å². The number of carbonyl (C=O) groups is 2. The fourth-order valence-electron chi connectivity index (χ4n) is 1.49. The van der Waals surface area contributed by atoms with E-state index in [9.17, 15) is 9.59 Å². The van der Waals surface area contributed by atoms with E-state index in [4.69, 9.17) is 4.74 Å². The van der Waals surface area contributed by atoms with Crippen LogP contribution in [0.2, 0.25) is 0 Å². The molecule has 92 valence electrons. The number of esters is 1. The summed E-state index contributed by atoms with van der Waals surface area (Å²) in [7, 11) is 1.37. The van der Waals surface area contributed by atoms with Crippen LogP contribution in [-0.2, 0) is 14.3 Å². The Morgan fingerprint density at radius 3 is 2.31 bits per heavy atom. The predicted molar refractivity (Wildman–Crippen MR) is 57.9 cm³/mol. The number of hydrogen-bond donors (Lipinski definition) is 0. The maximum atomic E-state index is 11.5. The van der Waals surface area contributed by atoms with E-state index in [-0.39, 0.29) is 18.0 Å². The van der Waals surface area contributed by atoms with E-state index >= 15 is 0 Å². The minimum absolute atomic E-state index is 0.208. The second-order valence-electron chi connectivity index (χ2n) is 5.03. The van der Waals surface area contributed by atoms with Crippen molar-refractivity contribution in [3.63, 3.8) is 0 Å². The Morgan fingerprint density at radius 1 is 1.31 bits per heavy atom. The lowest BCUT2D eigenvalue weighted by Gasteiger charge is -2.39. The monoisotopic (exact) mass is 229 g/mol. The summed E-state index contributed by atoms with van der Waals surface area (Å²) < 4.78 is 9.75. The van der Waals surface area contributed by atoms with Crippen LogP contribution in [0, 0.1) is 5.92 Å². The standard InChI is InChI=1S/C11H19NO4/c1-11(2,3)16-10(14)12-6-8(7-12)5-9(13)15-4/h8H,5-7H2,1-4H3. The molecule has 1 aliphatic heterocycles. The molecular formula is C11H19NO4. The molecule has 1 saturated heterocycles. The summed E-state index contributed by atoms with van der Waals surface area (Å²) in [5.74, 6) is -0.0196. The van der Waals surface area contributed by atoms with Crippen molar-refractivity contribution in [3.05, 3.63) is 0 Å². The average molecular weight is 229 g/mol. The molecule has 0 spiro atoms. The Kier molecular flexibility index (Phi) is 3.78. The summed E-state index contributed by atoms with van der Waals surface area (Å²) in [6.07, 6.45) is 0.0594. The summed E-state index contributed by atoms with van der Waals surface area (Å²) in [5.41, 5.74) is -0.468. The Hall–Kier alpha value is -1.26. The van der Waals surface area contributed by atoms with E-state index in [1.807, 2.05) is 20.8 Å². The van der Waals surface area contributed by atoms with Gasteiger partial charge in [0.25, 0.3) is 0 Å². The molecule has 0 bridgehead atoms. The highest BCUT2D eigenvalue weighted by atomic mass is 16.6. The third-order valence-corrected chi connectivity index (χ3v) is 2.29. The fraction of sp³-hybridized carbons (Fsp3) is 0.818. The van der Waals surface area contributed by atoms with Crippen LogP contribution in [0.4, 0.5) is 4.79 Å². The van der Waals surface area contributed by atoms with Gasteiger partial charge >= 0.3 is 12.1 Å². The minimum atomic E-state index is -0.468. The minimum Gasteiger partial charge on any atom is -0.469 e. The predicted octanol–water partition coefficient (Wildman–Crippen LogP) is 1.42. The van der Waals surface area contributed by atoms with Gasteiger partial charge in [0.2, 0.25) is 0 Å². The zero-order chi connectivity index (χ0) is 12.3. The zero-order valence-corrected chi connectivity index (χ0v) is 10.3. The highest BCUT2D eigenvalue weighted by molar-refractivity contribution is 5.72. The molecule has 0 atom stereocenters. The van der Waals surface area contributed by atoms with Crippen molar-refractivity contribution in [2.45, 2.75) is 32.8 Å². The molecule has 1 aliphatic rings. The summed E-state index contributed by atoms with van der Waals surface area (Å²) in [6, 6.07) is 0. The number of hydrogen-bond acceptors (Lipinski definition) is 4. The Balaban J connectivity index is 2.25. The lowest BCUT2D eigenvalue weighted by atomic mass is 9.97. The molecule has 1 heterocycles. The summed E-state index contributed by atoms with van der Waals surface area (Å²) >= 11 is 0. The molecule has 1 fully saturated rings. The van der Waals surface area contributed by atoms with Gasteiger partial charge in [-0.05, 0) is 20.8 Å². The number of nitrogens with zero attached hydrogens (tertiary/aromatic N) is 1. The lowest BCUT2D eigenvalue weighted by molar-refractivity contribution is -0.143. The Morgan fingerprint density at radius 2 is 1.88 bits per heavy atom. The molecule has 1 rings (SSSR count). The third kappa shape index (κ3) is 3.72. The van der Waals surface area contributed by atoms with E-state index in [1.165, 1.54) is 7.11 Å². The first-order valence-corrected chi connectivity index (χ1v) is 5.36. The van der Waals surface area contributed by atoms with Crippen LogP contribution in [0.3, 0.4) is 0 Å². The molecule has 1 amide bonds. The number of carbonyl (C=O) groups excluding carboxylic acids is 2. The highest BCUT2D eigenvalue weighted by Gasteiger charge is 2.34. The van der Waals surface area contributed by atoms with Crippen molar-refractivity contribution in [1.29, 1.82) is 0 Å². The summed E-state index contributed by atoms with van der Waals surface area (Å²) in [5, 5.41) is 0. The Labute approximate surface area is 95.7 Å². The van der Waals surface area contributed by atoms with Gasteiger partial charge in [0.15, 0.2) is 0 Å². The van der Waals surface area contributed by atoms with E-state index in [0.29, 0.717) is 19.5 Å². The molecule has 5 nitrogen and oxygen atoms in total. The second-order valence-corrected chi connectivity index (χ2v) is 5.03. The van der Waals surface area contributed by atoms with Crippen molar-refractivity contribution in [1.82, 2.24) is 4.90 Å². The molecule has 0 saturated carbocycles. The van der Waals surface area contributed by atoms with Crippen molar-refractivity contribution in [3.8, 4) is 0 Å². The zero-order valence-electron chi connectivity index (χ0n) is 10.3. The molecule has 0 aromatic carbocycles.